The van der Waals surface area contributed by atoms with Crippen LogP contribution >= 0.6 is 15.9 Å². The van der Waals surface area contributed by atoms with Crippen LogP contribution in [0, 0.1) is 0 Å². The molecule has 4 rings (SSSR count). The molecule has 0 aromatic heterocycles. The lowest BCUT2D eigenvalue weighted by atomic mass is 9.91. The van der Waals surface area contributed by atoms with Crippen LogP contribution in [0.2, 0.25) is 0 Å². The zero-order valence-corrected chi connectivity index (χ0v) is 23.0. The standard InChI is InChI=1S/C30H30BrN3O4/c1-3-5-18-34-27(20-12-7-6-8-13-20)25(29(36)38-4-2)26(33-30(34)37)21-14-11-15-22(19-21)32-28(35)23-16-9-10-17-24(23)31/h6-17,19,26H,3-5,18H2,1-2H3,(H,32,35)(H,33,37). The van der Waals surface area contributed by atoms with E-state index in [1.165, 1.54) is 0 Å². The summed E-state index contributed by atoms with van der Waals surface area (Å²) in [5, 5.41) is 5.92. The van der Waals surface area contributed by atoms with Crippen molar-refractivity contribution in [2.45, 2.75) is 32.7 Å². The van der Waals surface area contributed by atoms with Crippen molar-refractivity contribution < 1.29 is 19.1 Å². The van der Waals surface area contributed by atoms with Crippen LogP contribution < -0.4 is 10.6 Å². The van der Waals surface area contributed by atoms with E-state index in [9.17, 15) is 14.4 Å². The zero-order valence-electron chi connectivity index (χ0n) is 21.4. The van der Waals surface area contributed by atoms with Gasteiger partial charge in [0.2, 0.25) is 0 Å². The normalized spacial score (nSPS) is 15.2. The van der Waals surface area contributed by atoms with Gasteiger partial charge in [-0.25, -0.2) is 9.59 Å². The van der Waals surface area contributed by atoms with Crippen LogP contribution in [-0.2, 0) is 9.53 Å². The summed E-state index contributed by atoms with van der Waals surface area (Å²) in [5.74, 6) is -0.778. The van der Waals surface area contributed by atoms with Gasteiger partial charge in [0.25, 0.3) is 5.91 Å². The molecule has 1 aliphatic heterocycles. The molecule has 3 amide bonds. The topological polar surface area (TPSA) is 87.7 Å². The number of amides is 3. The average molecular weight is 576 g/mol. The van der Waals surface area contributed by atoms with Gasteiger partial charge in [0.15, 0.2) is 0 Å². The number of unbranched alkanes of at least 4 members (excludes halogenated alkanes) is 1. The lowest BCUT2D eigenvalue weighted by molar-refractivity contribution is -0.138. The van der Waals surface area contributed by atoms with Crippen molar-refractivity contribution in [2.75, 3.05) is 18.5 Å². The molecule has 38 heavy (non-hydrogen) atoms. The number of halogens is 1. The number of carbonyl (C=O) groups is 3. The van der Waals surface area contributed by atoms with Gasteiger partial charge in [-0.1, -0.05) is 67.9 Å². The van der Waals surface area contributed by atoms with Gasteiger partial charge >= 0.3 is 12.0 Å². The van der Waals surface area contributed by atoms with Gasteiger partial charge in [0, 0.05) is 16.7 Å². The molecule has 3 aromatic carbocycles. The van der Waals surface area contributed by atoms with Gasteiger partial charge in [-0.2, -0.15) is 0 Å². The molecule has 196 valence electrons. The second-order valence-electron chi connectivity index (χ2n) is 8.80. The minimum Gasteiger partial charge on any atom is -0.463 e. The summed E-state index contributed by atoms with van der Waals surface area (Å²) in [6, 6.07) is 22.7. The van der Waals surface area contributed by atoms with Crippen LogP contribution in [0.15, 0.2) is 88.9 Å². The Balaban J connectivity index is 1.79. The van der Waals surface area contributed by atoms with Crippen molar-refractivity contribution in [3.63, 3.8) is 0 Å². The largest absolute Gasteiger partial charge is 0.463 e. The van der Waals surface area contributed by atoms with Crippen LogP contribution in [0.4, 0.5) is 10.5 Å². The summed E-state index contributed by atoms with van der Waals surface area (Å²) in [6.45, 7) is 4.46. The molecule has 1 heterocycles. The van der Waals surface area contributed by atoms with Crippen LogP contribution in [0.3, 0.4) is 0 Å². The number of esters is 1. The number of urea groups is 1. The quantitative estimate of drug-likeness (QED) is 0.283. The van der Waals surface area contributed by atoms with Gasteiger partial charge < -0.3 is 15.4 Å². The highest BCUT2D eigenvalue weighted by atomic mass is 79.9. The van der Waals surface area contributed by atoms with Gasteiger partial charge in [-0.3, -0.25) is 9.69 Å². The summed E-state index contributed by atoms with van der Waals surface area (Å²) in [7, 11) is 0. The van der Waals surface area contributed by atoms with Gasteiger partial charge in [-0.15, -0.1) is 0 Å². The molecular formula is C30H30BrN3O4. The Morgan fingerprint density at radius 2 is 1.74 bits per heavy atom. The summed E-state index contributed by atoms with van der Waals surface area (Å²) in [4.78, 5) is 41.4. The van der Waals surface area contributed by atoms with E-state index in [4.69, 9.17) is 4.74 Å². The minimum absolute atomic E-state index is 0.197. The number of nitrogens with zero attached hydrogens (tertiary/aromatic N) is 1. The van der Waals surface area contributed by atoms with Crippen molar-refractivity contribution in [1.29, 1.82) is 0 Å². The first-order valence-electron chi connectivity index (χ1n) is 12.6. The number of rotatable bonds is 9. The smallest absolute Gasteiger partial charge is 0.338 e. The van der Waals surface area contributed by atoms with Crippen LogP contribution in [0.1, 0.15) is 54.2 Å². The minimum atomic E-state index is -0.769. The van der Waals surface area contributed by atoms with E-state index in [2.05, 4.69) is 33.5 Å². The maximum absolute atomic E-state index is 13.4. The molecule has 0 fully saturated rings. The fourth-order valence-electron chi connectivity index (χ4n) is 4.41. The van der Waals surface area contributed by atoms with Crippen LogP contribution in [-0.4, -0.2) is 36.0 Å². The predicted molar refractivity (Wildman–Crippen MR) is 151 cm³/mol. The molecular weight excluding hydrogens is 546 g/mol. The first kappa shape index (κ1) is 27.1. The van der Waals surface area contributed by atoms with Crippen molar-refractivity contribution in [3.8, 4) is 0 Å². The Kier molecular flexibility index (Phi) is 8.97. The van der Waals surface area contributed by atoms with E-state index in [-0.39, 0.29) is 18.5 Å². The molecule has 2 N–H and O–H groups in total. The molecule has 1 atom stereocenters. The average Bonchev–Trinajstić information content (AvgIpc) is 2.92. The van der Waals surface area contributed by atoms with Gasteiger partial charge in [0.05, 0.1) is 29.5 Å². The number of carbonyl (C=O) groups excluding carboxylic acids is 3. The van der Waals surface area contributed by atoms with E-state index < -0.39 is 12.0 Å². The molecule has 7 nitrogen and oxygen atoms in total. The first-order valence-corrected chi connectivity index (χ1v) is 13.4. The third-order valence-corrected chi connectivity index (χ3v) is 6.89. The molecule has 0 spiro atoms. The van der Waals surface area contributed by atoms with Gasteiger partial charge in [0.1, 0.15) is 0 Å². The van der Waals surface area contributed by atoms with E-state index in [0.29, 0.717) is 39.1 Å². The fourth-order valence-corrected chi connectivity index (χ4v) is 4.87. The Bertz CT molecular complexity index is 1360. The lowest BCUT2D eigenvalue weighted by Crippen LogP contribution is -2.48. The third-order valence-electron chi connectivity index (χ3n) is 6.20. The summed E-state index contributed by atoms with van der Waals surface area (Å²) >= 11 is 3.41. The van der Waals surface area contributed by atoms with E-state index in [1.807, 2.05) is 42.5 Å². The van der Waals surface area contributed by atoms with E-state index >= 15 is 0 Å². The SMILES string of the molecule is CCCCN1C(=O)NC(c2cccc(NC(=O)c3ccccc3Br)c2)C(C(=O)OCC)=C1c1ccccc1. The summed E-state index contributed by atoms with van der Waals surface area (Å²) < 4.78 is 6.17. The molecule has 0 saturated heterocycles. The molecule has 1 unspecified atom stereocenters. The predicted octanol–water partition coefficient (Wildman–Crippen LogP) is 6.54. The van der Waals surface area contributed by atoms with Crippen molar-refractivity contribution in [1.82, 2.24) is 10.2 Å². The molecule has 8 heteroatoms. The maximum atomic E-state index is 13.4. The highest BCUT2D eigenvalue weighted by Gasteiger charge is 2.38. The fraction of sp³-hybridized carbons (Fsp3) is 0.233. The number of benzene rings is 3. The molecule has 0 saturated carbocycles. The van der Waals surface area contributed by atoms with Crippen molar-refractivity contribution in [3.05, 3.63) is 106 Å². The Morgan fingerprint density at radius 1 is 1.00 bits per heavy atom. The Hall–Kier alpha value is -3.91. The number of nitrogens with one attached hydrogen (secondary N) is 2. The molecule has 3 aromatic rings. The van der Waals surface area contributed by atoms with E-state index in [1.54, 1.807) is 48.2 Å². The Labute approximate surface area is 231 Å². The third kappa shape index (κ3) is 5.97. The summed E-state index contributed by atoms with van der Waals surface area (Å²) in [6.07, 6.45) is 1.67. The number of hydrogen-bond donors (Lipinski definition) is 2. The lowest BCUT2D eigenvalue weighted by Gasteiger charge is -2.37. The molecule has 1 aliphatic rings. The van der Waals surface area contributed by atoms with E-state index in [0.717, 1.165) is 18.4 Å². The van der Waals surface area contributed by atoms with Crippen molar-refractivity contribution in [2.24, 2.45) is 0 Å². The van der Waals surface area contributed by atoms with Crippen LogP contribution in [0.5, 0.6) is 0 Å². The Morgan fingerprint density at radius 3 is 2.45 bits per heavy atom. The number of hydrogen-bond acceptors (Lipinski definition) is 4. The van der Waals surface area contributed by atoms with Crippen molar-refractivity contribution >= 4 is 45.2 Å². The van der Waals surface area contributed by atoms with Crippen LogP contribution in [0.25, 0.3) is 5.70 Å². The molecule has 0 bridgehead atoms. The number of ether oxygens (including phenoxy) is 1. The second kappa shape index (κ2) is 12.6. The monoisotopic (exact) mass is 575 g/mol. The maximum Gasteiger partial charge on any atom is 0.338 e. The van der Waals surface area contributed by atoms with Gasteiger partial charge in [-0.05, 0) is 64.7 Å². The number of anilines is 1. The molecule has 0 radical (unpaired) electrons. The summed E-state index contributed by atoms with van der Waals surface area (Å²) in [5.41, 5.74) is 3.32. The first-order chi connectivity index (χ1) is 18.4. The second-order valence-corrected chi connectivity index (χ2v) is 9.65. The molecule has 0 aliphatic carbocycles. The highest BCUT2D eigenvalue weighted by molar-refractivity contribution is 9.10. The zero-order chi connectivity index (χ0) is 27.1. The highest BCUT2D eigenvalue weighted by Crippen LogP contribution is 2.37.